The van der Waals surface area contributed by atoms with Gasteiger partial charge in [0.25, 0.3) is 5.91 Å². The summed E-state index contributed by atoms with van der Waals surface area (Å²) in [5, 5.41) is 0. The maximum Gasteiger partial charge on any atom is 0.253 e. The van der Waals surface area contributed by atoms with Crippen molar-refractivity contribution >= 4 is 29.4 Å². The third-order valence-electron chi connectivity index (χ3n) is 3.44. The highest BCUT2D eigenvalue weighted by atomic mass is 32.2. The van der Waals surface area contributed by atoms with Crippen LogP contribution < -0.4 is 0 Å². The molecule has 1 aromatic rings. The molecule has 0 saturated carbocycles. The van der Waals surface area contributed by atoms with E-state index in [1.807, 2.05) is 47.6 Å². The largest absolute Gasteiger partial charge is 0.342 e. The smallest absolute Gasteiger partial charge is 0.253 e. The van der Waals surface area contributed by atoms with Crippen molar-refractivity contribution in [2.45, 2.75) is 24.9 Å². The Bertz CT molecular complexity index is 438. The molecule has 1 amide bonds. The van der Waals surface area contributed by atoms with Crippen LogP contribution in [0.1, 0.15) is 40.8 Å². The Labute approximate surface area is 130 Å². The maximum atomic E-state index is 12.3. The minimum Gasteiger partial charge on any atom is -0.342 e. The predicted molar refractivity (Wildman–Crippen MR) is 90.5 cm³/mol. The zero-order valence-electron chi connectivity index (χ0n) is 12.5. The molecule has 0 bridgehead atoms. The summed E-state index contributed by atoms with van der Waals surface area (Å²) in [6.45, 7) is 5.20. The number of nitrogens with zero attached hydrogens (tertiary/aromatic N) is 1. The van der Waals surface area contributed by atoms with Gasteiger partial charge >= 0.3 is 0 Å². The average molecular weight is 310 g/mol. The zero-order valence-corrected chi connectivity index (χ0v) is 14.1. The Morgan fingerprint density at radius 1 is 1.25 bits per heavy atom. The lowest BCUT2D eigenvalue weighted by Gasteiger charge is -2.18. The summed E-state index contributed by atoms with van der Waals surface area (Å²) in [4.78, 5) is 14.1. The first-order valence-electron chi connectivity index (χ1n) is 7.16. The van der Waals surface area contributed by atoms with Crippen LogP contribution in [0.5, 0.6) is 0 Å². The molecular formula is C16H23NOS2. The van der Waals surface area contributed by atoms with Crippen LogP contribution in [0, 0.1) is 5.92 Å². The van der Waals surface area contributed by atoms with Gasteiger partial charge in [0.1, 0.15) is 0 Å². The lowest BCUT2D eigenvalue weighted by atomic mass is 10.1. The Hall–Kier alpha value is -0.610. The Morgan fingerprint density at radius 2 is 1.85 bits per heavy atom. The predicted octanol–water partition coefficient (Wildman–Crippen LogP) is 4.28. The molecule has 0 aromatic heterocycles. The quantitative estimate of drug-likeness (QED) is 0.809. The van der Waals surface area contributed by atoms with Crippen molar-refractivity contribution in [1.29, 1.82) is 0 Å². The minimum atomic E-state index is 0.129. The number of benzene rings is 1. The van der Waals surface area contributed by atoms with E-state index in [9.17, 15) is 4.79 Å². The van der Waals surface area contributed by atoms with Gasteiger partial charge in [0.15, 0.2) is 0 Å². The normalized spacial score (nSPS) is 15.8. The maximum absolute atomic E-state index is 12.3. The van der Waals surface area contributed by atoms with E-state index >= 15 is 0 Å². The molecule has 2 rings (SSSR count). The summed E-state index contributed by atoms with van der Waals surface area (Å²) in [5.74, 6) is 3.22. The summed E-state index contributed by atoms with van der Waals surface area (Å²) in [6, 6.07) is 8.17. The van der Waals surface area contributed by atoms with Crippen LogP contribution in [0.25, 0.3) is 0 Å². The molecule has 1 aromatic carbocycles. The van der Waals surface area contributed by atoms with Crippen molar-refractivity contribution < 1.29 is 4.79 Å². The van der Waals surface area contributed by atoms with Crippen LogP contribution in [0.3, 0.4) is 0 Å². The summed E-state index contributed by atoms with van der Waals surface area (Å²) in [6.07, 6.45) is 1.05. The van der Waals surface area contributed by atoms with Crippen molar-refractivity contribution in [3.05, 3.63) is 35.4 Å². The second kappa shape index (κ2) is 7.41. The number of hydrogen-bond donors (Lipinski definition) is 0. The molecule has 1 fully saturated rings. The first-order chi connectivity index (χ1) is 9.58. The van der Waals surface area contributed by atoms with E-state index in [2.05, 4.69) is 26.0 Å². The third-order valence-corrected chi connectivity index (χ3v) is 6.54. The topological polar surface area (TPSA) is 20.3 Å². The lowest BCUT2D eigenvalue weighted by Crippen LogP contribution is -2.28. The molecule has 4 heteroatoms. The summed E-state index contributed by atoms with van der Waals surface area (Å²) < 4.78 is 0.554. The van der Waals surface area contributed by atoms with Gasteiger partial charge in [-0.3, -0.25) is 4.79 Å². The fraction of sp³-hybridized carbons (Fsp3) is 0.562. The fourth-order valence-corrected chi connectivity index (χ4v) is 4.97. The van der Waals surface area contributed by atoms with Gasteiger partial charge in [-0.05, 0) is 30.0 Å². The number of rotatable bonds is 5. The summed E-state index contributed by atoms with van der Waals surface area (Å²) >= 11 is 3.99. The third kappa shape index (κ3) is 4.19. The Kier molecular flexibility index (Phi) is 5.85. The molecule has 2 nitrogen and oxygen atoms in total. The molecule has 20 heavy (non-hydrogen) atoms. The van der Waals surface area contributed by atoms with Crippen molar-refractivity contribution in [3.63, 3.8) is 0 Å². The van der Waals surface area contributed by atoms with E-state index < -0.39 is 0 Å². The number of amides is 1. The summed E-state index contributed by atoms with van der Waals surface area (Å²) in [7, 11) is 1.89. The van der Waals surface area contributed by atoms with Gasteiger partial charge in [-0.2, -0.15) is 0 Å². The minimum absolute atomic E-state index is 0.129. The monoisotopic (exact) mass is 309 g/mol. The van der Waals surface area contributed by atoms with Crippen molar-refractivity contribution in [2.75, 3.05) is 25.1 Å². The van der Waals surface area contributed by atoms with Gasteiger partial charge in [-0.1, -0.05) is 26.0 Å². The molecule has 0 spiro atoms. The van der Waals surface area contributed by atoms with E-state index in [1.165, 1.54) is 17.1 Å². The van der Waals surface area contributed by atoms with Crippen LogP contribution in [-0.4, -0.2) is 35.9 Å². The molecular weight excluding hydrogens is 286 g/mol. The molecule has 110 valence electrons. The number of hydrogen-bond acceptors (Lipinski definition) is 3. The first kappa shape index (κ1) is 15.8. The number of carbonyl (C=O) groups excluding carboxylic acids is 1. The molecule has 1 saturated heterocycles. The van der Waals surface area contributed by atoms with E-state index in [1.54, 1.807) is 0 Å². The molecule has 1 aliphatic heterocycles. The van der Waals surface area contributed by atoms with Gasteiger partial charge in [0.05, 0.1) is 4.58 Å². The van der Waals surface area contributed by atoms with Crippen LogP contribution in [0.2, 0.25) is 0 Å². The highest BCUT2D eigenvalue weighted by Crippen LogP contribution is 2.45. The van der Waals surface area contributed by atoms with E-state index in [-0.39, 0.29) is 5.91 Å². The zero-order chi connectivity index (χ0) is 14.5. The van der Waals surface area contributed by atoms with Gasteiger partial charge < -0.3 is 4.90 Å². The molecule has 1 heterocycles. The molecule has 1 aliphatic rings. The Morgan fingerprint density at radius 3 is 2.40 bits per heavy atom. The van der Waals surface area contributed by atoms with Gasteiger partial charge in [-0.25, -0.2) is 0 Å². The SMILES string of the molecule is CC(C)CCN(C)C(=O)c1ccc(C2SCCS2)cc1. The van der Waals surface area contributed by atoms with E-state index in [4.69, 9.17) is 0 Å². The van der Waals surface area contributed by atoms with E-state index in [0.29, 0.717) is 10.5 Å². The van der Waals surface area contributed by atoms with Gasteiger partial charge in [0, 0.05) is 30.7 Å². The van der Waals surface area contributed by atoms with Crippen LogP contribution in [-0.2, 0) is 0 Å². The Balaban J connectivity index is 1.96. The second-order valence-electron chi connectivity index (χ2n) is 5.60. The van der Waals surface area contributed by atoms with Crippen LogP contribution >= 0.6 is 23.5 Å². The van der Waals surface area contributed by atoms with Crippen molar-refractivity contribution in [1.82, 2.24) is 4.90 Å². The molecule has 0 radical (unpaired) electrons. The highest BCUT2D eigenvalue weighted by Gasteiger charge is 2.19. The van der Waals surface area contributed by atoms with Crippen molar-refractivity contribution in [2.24, 2.45) is 5.92 Å². The first-order valence-corrected chi connectivity index (χ1v) is 9.26. The number of thioether (sulfide) groups is 2. The average Bonchev–Trinajstić information content (AvgIpc) is 2.98. The van der Waals surface area contributed by atoms with Crippen LogP contribution in [0.15, 0.2) is 24.3 Å². The molecule has 0 aliphatic carbocycles. The molecule has 0 N–H and O–H groups in total. The van der Waals surface area contributed by atoms with Crippen LogP contribution in [0.4, 0.5) is 0 Å². The molecule has 0 atom stereocenters. The lowest BCUT2D eigenvalue weighted by molar-refractivity contribution is 0.0789. The van der Waals surface area contributed by atoms with E-state index in [0.717, 1.165) is 18.5 Å². The summed E-state index contributed by atoms with van der Waals surface area (Å²) in [5.41, 5.74) is 2.13. The van der Waals surface area contributed by atoms with Crippen molar-refractivity contribution in [3.8, 4) is 0 Å². The van der Waals surface area contributed by atoms with Gasteiger partial charge in [0.2, 0.25) is 0 Å². The standard InChI is InChI=1S/C16H23NOS2/c1-12(2)8-9-17(3)15(18)13-4-6-14(7-5-13)16-19-10-11-20-16/h4-7,12,16H,8-11H2,1-3H3. The molecule has 0 unspecified atom stereocenters. The fourth-order valence-electron chi connectivity index (χ4n) is 2.11. The van der Waals surface area contributed by atoms with Gasteiger partial charge in [-0.15, -0.1) is 23.5 Å². The highest BCUT2D eigenvalue weighted by molar-refractivity contribution is 8.19. The number of carbonyl (C=O) groups is 1. The second-order valence-corrected chi connectivity index (χ2v) is 8.33.